The first-order chi connectivity index (χ1) is 9.17. The van der Waals surface area contributed by atoms with Crippen LogP contribution in [0, 0.1) is 0 Å². The Morgan fingerprint density at radius 1 is 1.37 bits per heavy atom. The summed E-state index contributed by atoms with van der Waals surface area (Å²) in [6.45, 7) is -0.262. The molecular formula is C13H13N3O3. The van der Waals surface area contributed by atoms with Crippen LogP contribution in [-0.2, 0) is 4.79 Å². The molecule has 0 aliphatic heterocycles. The molecule has 0 aliphatic carbocycles. The molecule has 0 saturated carbocycles. The molecule has 1 heterocycles. The minimum atomic E-state index is -0.627. The lowest BCUT2D eigenvalue weighted by Gasteiger charge is -2.10. The number of fused-ring (bicyclic) bond motifs is 1. The summed E-state index contributed by atoms with van der Waals surface area (Å²) in [6.07, 6.45) is 1.56. The van der Waals surface area contributed by atoms with Crippen molar-refractivity contribution in [1.29, 1.82) is 0 Å². The van der Waals surface area contributed by atoms with Crippen LogP contribution in [0.5, 0.6) is 5.75 Å². The number of hydrogen-bond acceptors (Lipinski definition) is 5. The third kappa shape index (κ3) is 2.53. The largest absolute Gasteiger partial charge is 0.494 e. The van der Waals surface area contributed by atoms with Gasteiger partial charge in [0.05, 0.1) is 13.7 Å². The van der Waals surface area contributed by atoms with Crippen molar-refractivity contribution < 1.29 is 14.3 Å². The maximum absolute atomic E-state index is 11.9. The topological polar surface area (TPSA) is 94.3 Å². The highest BCUT2D eigenvalue weighted by Gasteiger charge is 2.18. The van der Waals surface area contributed by atoms with Crippen molar-refractivity contribution in [3.05, 3.63) is 36.2 Å². The molecule has 0 aliphatic rings. The van der Waals surface area contributed by atoms with Gasteiger partial charge in [0.2, 0.25) is 5.91 Å². The fourth-order valence-corrected chi connectivity index (χ4v) is 1.74. The molecule has 98 valence electrons. The van der Waals surface area contributed by atoms with Gasteiger partial charge in [-0.3, -0.25) is 14.9 Å². The number of carbonyl (C=O) groups excluding carboxylic acids is 2. The number of nitrogens with two attached hydrogens (primary N) is 1. The van der Waals surface area contributed by atoms with Crippen molar-refractivity contribution in [1.82, 2.24) is 10.3 Å². The Hall–Kier alpha value is -2.47. The summed E-state index contributed by atoms with van der Waals surface area (Å²) < 4.78 is 5.23. The van der Waals surface area contributed by atoms with Crippen molar-refractivity contribution in [2.24, 2.45) is 5.73 Å². The van der Waals surface area contributed by atoms with Crippen molar-refractivity contribution in [2.45, 2.75) is 0 Å². The van der Waals surface area contributed by atoms with Crippen LogP contribution in [0.1, 0.15) is 10.5 Å². The standard InChI is InChI=1S/C13H13N3O3/c1-19-12-9-5-3-2-4-8(9)7-15-11(12)13(18)16-10(17)6-14/h2-5,7H,6,14H2,1H3,(H,16,17,18). The summed E-state index contributed by atoms with van der Waals surface area (Å²) >= 11 is 0. The predicted molar refractivity (Wildman–Crippen MR) is 69.8 cm³/mol. The van der Waals surface area contributed by atoms with E-state index in [1.807, 2.05) is 24.3 Å². The maximum Gasteiger partial charge on any atom is 0.280 e. The zero-order chi connectivity index (χ0) is 13.8. The zero-order valence-corrected chi connectivity index (χ0v) is 10.3. The number of carbonyl (C=O) groups is 2. The SMILES string of the molecule is COc1c(C(=O)NC(=O)CN)ncc2ccccc12. The van der Waals surface area contributed by atoms with Gasteiger partial charge in [-0.1, -0.05) is 24.3 Å². The van der Waals surface area contributed by atoms with Gasteiger partial charge in [-0.05, 0) is 0 Å². The second-order valence-electron chi connectivity index (χ2n) is 3.81. The molecule has 0 radical (unpaired) electrons. The number of rotatable bonds is 3. The van der Waals surface area contributed by atoms with E-state index in [1.165, 1.54) is 7.11 Å². The smallest absolute Gasteiger partial charge is 0.280 e. The number of methoxy groups -OCH3 is 1. The van der Waals surface area contributed by atoms with E-state index < -0.39 is 11.8 Å². The van der Waals surface area contributed by atoms with E-state index in [9.17, 15) is 9.59 Å². The van der Waals surface area contributed by atoms with Crippen LogP contribution in [0.2, 0.25) is 0 Å². The number of benzene rings is 1. The summed E-state index contributed by atoms with van der Waals surface area (Å²) in [6, 6.07) is 7.37. The van der Waals surface area contributed by atoms with Crippen LogP contribution in [0.15, 0.2) is 30.5 Å². The molecule has 0 saturated heterocycles. The third-order valence-corrected chi connectivity index (χ3v) is 2.61. The summed E-state index contributed by atoms with van der Waals surface area (Å²) in [5.74, 6) is -0.861. The molecule has 0 spiro atoms. The highest BCUT2D eigenvalue weighted by atomic mass is 16.5. The Kier molecular flexibility index (Phi) is 3.72. The Morgan fingerprint density at radius 3 is 2.79 bits per heavy atom. The van der Waals surface area contributed by atoms with Gasteiger partial charge in [0.1, 0.15) is 0 Å². The molecule has 6 nitrogen and oxygen atoms in total. The molecule has 0 unspecified atom stereocenters. The number of nitrogens with one attached hydrogen (secondary N) is 1. The number of imide groups is 1. The third-order valence-electron chi connectivity index (χ3n) is 2.61. The van der Waals surface area contributed by atoms with Crippen LogP contribution in [-0.4, -0.2) is 30.5 Å². The van der Waals surface area contributed by atoms with Crippen molar-refractivity contribution in [2.75, 3.05) is 13.7 Å². The van der Waals surface area contributed by atoms with Crippen LogP contribution >= 0.6 is 0 Å². The van der Waals surface area contributed by atoms with E-state index in [-0.39, 0.29) is 12.2 Å². The van der Waals surface area contributed by atoms with Crippen LogP contribution < -0.4 is 15.8 Å². The van der Waals surface area contributed by atoms with Gasteiger partial charge in [0, 0.05) is 17.0 Å². The van der Waals surface area contributed by atoms with Gasteiger partial charge in [-0.25, -0.2) is 4.98 Å². The van der Waals surface area contributed by atoms with Crippen LogP contribution in [0.4, 0.5) is 0 Å². The summed E-state index contributed by atoms with van der Waals surface area (Å²) in [7, 11) is 1.45. The lowest BCUT2D eigenvalue weighted by atomic mass is 10.1. The molecule has 6 heteroatoms. The van der Waals surface area contributed by atoms with E-state index in [2.05, 4.69) is 10.3 Å². The predicted octanol–water partition coefficient (Wildman–Crippen LogP) is 0.459. The summed E-state index contributed by atoms with van der Waals surface area (Å²) in [5.41, 5.74) is 5.20. The number of nitrogens with zero attached hydrogens (tertiary/aromatic N) is 1. The number of aromatic nitrogens is 1. The summed E-state index contributed by atoms with van der Waals surface area (Å²) in [5, 5.41) is 3.74. The molecule has 2 rings (SSSR count). The Balaban J connectivity index is 2.48. The van der Waals surface area contributed by atoms with E-state index in [0.29, 0.717) is 5.75 Å². The molecule has 0 fully saturated rings. The second kappa shape index (κ2) is 5.45. The van der Waals surface area contributed by atoms with Gasteiger partial charge in [0.25, 0.3) is 5.91 Å². The fourth-order valence-electron chi connectivity index (χ4n) is 1.74. The summed E-state index contributed by atoms with van der Waals surface area (Å²) in [4.78, 5) is 27.1. The minimum absolute atomic E-state index is 0.0583. The van der Waals surface area contributed by atoms with Crippen LogP contribution in [0.25, 0.3) is 10.8 Å². The highest BCUT2D eigenvalue weighted by molar-refractivity contribution is 6.08. The first kappa shape index (κ1) is 13.0. The van der Waals surface area contributed by atoms with E-state index >= 15 is 0 Å². The molecule has 1 aromatic heterocycles. The molecule has 2 aromatic rings. The molecule has 0 atom stereocenters. The van der Waals surface area contributed by atoms with Crippen molar-refractivity contribution >= 4 is 22.6 Å². The monoisotopic (exact) mass is 259 g/mol. The van der Waals surface area contributed by atoms with Gasteiger partial charge < -0.3 is 10.5 Å². The highest BCUT2D eigenvalue weighted by Crippen LogP contribution is 2.27. The fraction of sp³-hybridized carbons (Fsp3) is 0.154. The number of pyridine rings is 1. The Morgan fingerprint density at radius 2 is 2.11 bits per heavy atom. The van der Waals surface area contributed by atoms with Crippen molar-refractivity contribution in [3.8, 4) is 5.75 Å². The Labute approximate surface area is 109 Å². The lowest BCUT2D eigenvalue weighted by Crippen LogP contribution is -2.36. The molecule has 3 N–H and O–H groups in total. The normalized spacial score (nSPS) is 10.2. The molecule has 19 heavy (non-hydrogen) atoms. The van der Waals surface area contributed by atoms with E-state index in [1.54, 1.807) is 6.20 Å². The minimum Gasteiger partial charge on any atom is -0.494 e. The average molecular weight is 259 g/mol. The van der Waals surface area contributed by atoms with Crippen LogP contribution in [0.3, 0.4) is 0 Å². The van der Waals surface area contributed by atoms with Gasteiger partial charge in [0.15, 0.2) is 11.4 Å². The first-order valence-electron chi connectivity index (χ1n) is 5.63. The average Bonchev–Trinajstić information content (AvgIpc) is 2.45. The molecule has 0 bridgehead atoms. The number of hydrogen-bond donors (Lipinski definition) is 2. The number of amides is 2. The Bertz CT molecular complexity index is 640. The maximum atomic E-state index is 11.9. The van der Waals surface area contributed by atoms with Gasteiger partial charge >= 0.3 is 0 Å². The first-order valence-corrected chi connectivity index (χ1v) is 5.63. The zero-order valence-electron chi connectivity index (χ0n) is 10.3. The molecule has 2 amide bonds. The van der Waals surface area contributed by atoms with E-state index in [4.69, 9.17) is 10.5 Å². The van der Waals surface area contributed by atoms with Gasteiger partial charge in [-0.2, -0.15) is 0 Å². The lowest BCUT2D eigenvalue weighted by molar-refractivity contribution is -0.118. The molecular weight excluding hydrogens is 246 g/mol. The number of ether oxygens (including phenoxy) is 1. The van der Waals surface area contributed by atoms with E-state index in [0.717, 1.165) is 10.8 Å². The second-order valence-corrected chi connectivity index (χ2v) is 3.81. The van der Waals surface area contributed by atoms with Crippen molar-refractivity contribution in [3.63, 3.8) is 0 Å². The quantitative estimate of drug-likeness (QED) is 0.835. The molecule has 1 aromatic carbocycles. The van der Waals surface area contributed by atoms with Gasteiger partial charge in [-0.15, -0.1) is 0 Å².